The van der Waals surface area contributed by atoms with Crippen molar-refractivity contribution in [2.24, 2.45) is 13.0 Å². The van der Waals surface area contributed by atoms with Crippen LogP contribution in [-0.2, 0) is 21.4 Å². The van der Waals surface area contributed by atoms with Gasteiger partial charge in [-0.2, -0.15) is 5.10 Å². The van der Waals surface area contributed by atoms with Crippen molar-refractivity contribution in [3.63, 3.8) is 0 Å². The number of nitrogens with zero attached hydrogens (tertiary/aromatic N) is 4. The zero-order valence-electron chi connectivity index (χ0n) is 14.6. The molecule has 1 saturated heterocycles. The van der Waals surface area contributed by atoms with Crippen LogP contribution in [0.5, 0.6) is 0 Å². The third kappa shape index (κ3) is 3.39. The predicted octanol–water partition coefficient (Wildman–Crippen LogP) is 0.743. The molecule has 1 aliphatic heterocycles. The highest BCUT2D eigenvalue weighted by atomic mass is 16.5. The molecular weight excluding hydrogens is 296 g/mol. The van der Waals surface area contributed by atoms with Gasteiger partial charge in [-0.25, -0.2) is 0 Å². The largest absolute Gasteiger partial charge is 0.380 e. The number of rotatable bonds is 6. The van der Waals surface area contributed by atoms with Crippen LogP contribution in [0.3, 0.4) is 0 Å². The van der Waals surface area contributed by atoms with Crippen molar-refractivity contribution in [2.45, 2.75) is 26.3 Å². The first-order valence-electron chi connectivity index (χ1n) is 7.95. The second-order valence-electron chi connectivity index (χ2n) is 6.03. The molecule has 7 nitrogen and oxygen atoms in total. The van der Waals surface area contributed by atoms with Gasteiger partial charge in [0.15, 0.2) is 0 Å². The fourth-order valence-corrected chi connectivity index (χ4v) is 3.06. The van der Waals surface area contributed by atoms with Crippen LogP contribution in [0.15, 0.2) is 6.20 Å². The fourth-order valence-electron chi connectivity index (χ4n) is 3.06. The summed E-state index contributed by atoms with van der Waals surface area (Å²) in [5.74, 6) is -0.396. The van der Waals surface area contributed by atoms with Crippen LogP contribution in [0.2, 0.25) is 0 Å². The molecule has 1 aromatic rings. The van der Waals surface area contributed by atoms with E-state index in [9.17, 15) is 9.59 Å². The quantitative estimate of drug-likeness (QED) is 0.725. The molecule has 23 heavy (non-hydrogen) atoms. The Hall–Kier alpha value is -1.89. The smallest absolute Gasteiger partial charge is 0.228 e. The van der Waals surface area contributed by atoms with E-state index in [1.54, 1.807) is 34.8 Å². The monoisotopic (exact) mass is 322 g/mol. The van der Waals surface area contributed by atoms with Gasteiger partial charge in [-0.3, -0.25) is 14.3 Å². The number of aryl methyl sites for hydroxylation is 1. The summed E-state index contributed by atoms with van der Waals surface area (Å²) in [5.41, 5.74) is 1.92. The van der Waals surface area contributed by atoms with E-state index in [4.69, 9.17) is 4.74 Å². The van der Waals surface area contributed by atoms with E-state index in [1.807, 2.05) is 20.9 Å². The maximum atomic E-state index is 12.8. The number of carbonyl (C=O) groups is 2. The lowest BCUT2D eigenvalue weighted by Crippen LogP contribution is -2.37. The molecule has 2 amide bonds. The standard InChI is InChI=1S/C16H26N4O3/c1-6-23-8-7-18(3)16(22)12-9-14(21)19(4)15(12)13-10-17-20(5)11(13)2/h10,12,15H,6-9H2,1-5H3/t12-,15-/m0/s1. The number of hydrogen-bond donors (Lipinski definition) is 0. The van der Waals surface area contributed by atoms with Crippen molar-refractivity contribution in [3.05, 3.63) is 17.5 Å². The minimum Gasteiger partial charge on any atom is -0.380 e. The second-order valence-corrected chi connectivity index (χ2v) is 6.03. The number of likely N-dealkylation sites (tertiary alicyclic amines) is 1. The molecule has 128 valence electrons. The first kappa shape index (κ1) is 17.5. The van der Waals surface area contributed by atoms with Crippen molar-refractivity contribution in [1.82, 2.24) is 19.6 Å². The number of likely N-dealkylation sites (N-methyl/N-ethyl adjacent to an activating group) is 1. The lowest BCUT2D eigenvalue weighted by molar-refractivity contribution is -0.136. The molecule has 0 bridgehead atoms. The lowest BCUT2D eigenvalue weighted by atomic mass is 9.93. The number of amides is 2. The number of hydrogen-bond acceptors (Lipinski definition) is 4. The third-order valence-electron chi connectivity index (χ3n) is 4.65. The van der Waals surface area contributed by atoms with Crippen LogP contribution in [-0.4, -0.2) is 65.2 Å². The molecule has 2 heterocycles. The zero-order valence-corrected chi connectivity index (χ0v) is 14.6. The van der Waals surface area contributed by atoms with Gasteiger partial charge < -0.3 is 14.5 Å². The summed E-state index contributed by atoms with van der Waals surface area (Å²) in [4.78, 5) is 28.3. The number of carbonyl (C=O) groups excluding carboxylic acids is 2. The molecule has 2 rings (SSSR count). The van der Waals surface area contributed by atoms with Gasteiger partial charge in [0.05, 0.1) is 24.8 Å². The Kier molecular flexibility index (Phi) is 5.41. The molecule has 1 fully saturated rings. The molecule has 0 radical (unpaired) electrons. The summed E-state index contributed by atoms with van der Waals surface area (Å²) in [7, 11) is 5.38. The highest BCUT2D eigenvalue weighted by Gasteiger charge is 2.44. The number of aromatic nitrogens is 2. The predicted molar refractivity (Wildman–Crippen MR) is 85.7 cm³/mol. The Morgan fingerprint density at radius 1 is 1.48 bits per heavy atom. The molecule has 2 atom stereocenters. The lowest BCUT2D eigenvalue weighted by Gasteiger charge is -2.27. The highest BCUT2D eigenvalue weighted by molar-refractivity contribution is 5.90. The van der Waals surface area contributed by atoms with Crippen molar-refractivity contribution >= 4 is 11.8 Å². The van der Waals surface area contributed by atoms with Crippen molar-refractivity contribution in [3.8, 4) is 0 Å². The molecule has 1 aromatic heterocycles. The van der Waals surface area contributed by atoms with Gasteiger partial charge in [-0.05, 0) is 13.8 Å². The molecule has 7 heteroatoms. The zero-order chi connectivity index (χ0) is 17.1. The van der Waals surface area contributed by atoms with Gasteiger partial charge in [0.25, 0.3) is 0 Å². The maximum absolute atomic E-state index is 12.8. The molecule has 0 N–H and O–H groups in total. The Morgan fingerprint density at radius 2 is 2.17 bits per heavy atom. The normalized spacial score (nSPS) is 21.1. The summed E-state index contributed by atoms with van der Waals surface area (Å²) in [6.45, 7) is 5.54. The van der Waals surface area contributed by atoms with E-state index in [2.05, 4.69) is 5.10 Å². The first-order chi connectivity index (χ1) is 10.9. The molecule has 0 aromatic carbocycles. The Bertz CT molecular complexity index is 584. The van der Waals surface area contributed by atoms with Gasteiger partial charge in [0, 0.05) is 52.0 Å². The van der Waals surface area contributed by atoms with Crippen LogP contribution < -0.4 is 0 Å². The summed E-state index contributed by atoms with van der Waals surface area (Å²) in [5, 5.41) is 4.25. The van der Waals surface area contributed by atoms with Crippen molar-refractivity contribution in [1.29, 1.82) is 0 Å². The number of ether oxygens (including phenoxy) is 1. The Balaban J connectivity index is 2.20. The van der Waals surface area contributed by atoms with Crippen LogP contribution >= 0.6 is 0 Å². The van der Waals surface area contributed by atoms with E-state index >= 15 is 0 Å². The Morgan fingerprint density at radius 3 is 2.74 bits per heavy atom. The molecule has 0 aliphatic carbocycles. The Labute approximate surface area is 137 Å². The fraction of sp³-hybridized carbons (Fsp3) is 0.688. The van der Waals surface area contributed by atoms with Crippen LogP contribution in [0.25, 0.3) is 0 Å². The second kappa shape index (κ2) is 7.12. The molecule has 0 saturated carbocycles. The molecular formula is C16H26N4O3. The van der Waals surface area contributed by atoms with Gasteiger partial charge in [-0.1, -0.05) is 0 Å². The van der Waals surface area contributed by atoms with E-state index in [0.717, 1.165) is 11.3 Å². The van der Waals surface area contributed by atoms with Gasteiger partial charge in [0.1, 0.15) is 0 Å². The SMILES string of the molecule is CCOCCN(C)C(=O)[C@H]1CC(=O)N(C)[C@@H]1c1cnn(C)c1C. The third-order valence-corrected chi connectivity index (χ3v) is 4.65. The molecule has 1 aliphatic rings. The average molecular weight is 322 g/mol. The minimum absolute atomic E-state index is 0.00480. The van der Waals surface area contributed by atoms with Crippen LogP contribution in [0, 0.1) is 12.8 Å². The topological polar surface area (TPSA) is 67.7 Å². The molecule has 0 unspecified atom stereocenters. The summed E-state index contributed by atoms with van der Waals surface area (Å²) < 4.78 is 7.08. The van der Waals surface area contributed by atoms with Crippen molar-refractivity contribution in [2.75, 3.05) is 33.9 Å². The van der Waals surface area contributed by atoms with Crippen LogP contribution in [0.1, 0.15) is 30.6 Å². The van der Waals surface area contributed by atoms with Crippen LogP contribution in [0.4, 0.5) is 0 Å². The van der Waals surface area contributed by atoms with E-state index in [1.165, 1.54) is 0 Å². The highest BCUT2D eigenvalue weighted by Crippen LogP contribution is 2.39. The van der Waals surface area contributed by atoms with Gasteiger partial charge in [0.2, 0.25) is 11.8 Å². The minimum atomic E-state index is -0.373. The van der Waals surface area contributed by atoms with Gasteiger partial charge in [-0.15, -0.1) is 0 Å². The summed E-state index contributed by atoms with van der Waals surface area (Å²) in [6, 6.07) is -0.252. The molecule has 0 spiro atoms. The van der Waals surface area contributed by atoms with Crippen molar-refractivity contribution < 1.29 is 14.3 Å². The maximum Gasteiger partial charge on any atom is 0.228 e. The first-order valence-corrected chi connectivity index (χ1v) is 7.95. The van der Waals surface area contributed by atoms with E-state index in [-0.39, 0.29) is 30.2 Å². The summed E-state index contributed by atoms with van der Waals surface area (Å²) >= 11 is 0. The average Bonchev–Trinajstić information content (AvgIpc) is 3.00. The van der Waals surface area contributed by atoms with E-state index in [0.29, 0.717) is 19.8 Å². The summed E-state index contributed by atoms with van der Waals surface area (Å²) in [6.07, 6.45) is 2.00. The van der Waals surface area contributed by atoms with E-state index < -0.39 is 0 Å². The van der Waals surface area contributed by atoms with Gasteiger partial charge >= 0.3 is 0 Å².